The van der Waals surface area contributed by atoms with Gasteiger partial charge in [-0.2, -0.15) is 13.2 Å². The Morgan fingerprint density at radius 3 is 2.41 bits per heavy atom. The van der Waals surface area contributed by atoms with Gasteiger partial charge in [0.2, 0.25) is 5.91 Å². The molecule has 180 valence electrons. The minimum absolute atomic E-state index is 0.00474. The lowest BCUT2D eigenvalue weighted by Gasteiger charge is -2.57. The first kappa shape index (κ1) is 23.7. The van der Waals surface area contributed by atoms with Crippen molar-refractivity contribution >= 4 is 35.3 Å². The predicted octanol–water partition coefficient (Wildman–Crippen LogP) is 2.66. The predicted molar refractivity (Wildman–Crippen MR) is 112 cm³/mol. The average Bonchev–Trinajstić information content (AvgIpc) is 2.74. The molecule has 2 aliphatic rings. The van der Waals surface area contributed by atoms with Crippen LogP contribution in [0.25, 0.3) is 0 Å². The summed E-state index contributed by atoms with van der Waals surface area (Å²) in [5.74, 6) is -2.52. The summed E-state index contributed by atoms with van der Waals surface area (Å²) >= 11 is 5.74. The Morgan fingerprint density at radius 1 is 1.21 bits per heavy atom. The maximum Gasteiger partial charge on any atom is 0.416 e. The quantitative estimate of drug-likeness (QED) is 0.658. The average molecular weight is 500 g/mol. The summed E-state index contributed by atoms with van der Waals surface area (Å²) in [6.07, 6.45) is -3.38. The molecule has 4 rings (SSSR count). The van der Waals surface area contributed by atoms with Crippen molar-refractivity contribution in [1.82, 2.24) is 20.1 Å². The highest BCUT2D eigenvalue weighted by Crippen LogP contribution is 2.37. The smallest absolute Gasteiger partial charge is 0.341 e. The van der Waals surface area contributed by atoms with Crippen LogP contribution in [-0.2, 0) is 22.3 Å². The Hall–Kier alpha value is -3.41. The van der Waals surface area contributed by atoms with Crippen LogP contribution in [0.2, 0.25) is 5.02 Å². The summed E-state index contributed by atoms with van der Waals surface area (Å²) in [6, 6.07) is 4.69. The van der Waals surface area contributed by atoms with Gasteiger partial charge in [0, 0.05) is 19.8 Å². The highest BCUT2D eigenvalue weighted by molar-refractivity contribution is 6.30. The van der Waals surface area contributed by atoms with Crippen molar-refractivity contribution in [2.75, 3.05) is 31.6 Å². The Kier molecular flexibility index (Phi) is 5.88. The van der Waals surface area contributed by atoms with Crippen LogP contribution in [0.5, 0.6) is 0 Å². The van der Waals surface area contributed by atoms with Gasteiger partial charge < -0.3 is 15.1 Å². The number of nitrogens with one attached hydrogen (secondary N) is 1. The second-order valence-corrected chi connectivity index (χ2v) is 8.40. The molecular weight excluding hydrogens is 482 g/mol. The standard InChI is InChI=1S/C21H18ClF4N5O3/c1-27-19(34)29-10-20(11-29)18(33)30(17-15(23)6-14(22)7-28-17)9-16(32)31(20)8-12-2-4-13(5-3-12)21(24,25)26/h2-7H,8-11H2,1H3,(H,27,34). The number of anilines is 1. The number of pyridine rings is 1. The van der Waals surface area contributed by atoms with Crippen LogP contribution >= 0.6 is 11.6 Å². The number of urea groups is 1. The van der Waals surface area contributed by atoms with Gasteiger partial charge in [-0.15, -0.1) is 0 Å². The number of piperazine rings is 1. The lowest BCUT2D eigenvalue weighted by atomic mass is 9.83. The molecule has 8 nitrogen and oxygen atoms in total. The van der Waals surface area contributed by atoms with Gasteiger partial charge >= 0.3 is 12.2 Å². The summed E-state index contributed by atoms with van der Waals surface area (Å²) < 4.78 is 53.2. The number of amides is 4. The molecule has 34 heavy (non-hydrogen) atoms. The highest BCUT2D eigenvalue weighted by Gasteiger charge is 2.61. The van der Waals surface area contributed by atoms with Crippen LogP contribution in [0.4, 0.5) is 28.2 Å². The molecule has 0 unspecified atom stereocenters. The molecule has 1 spiro atoms. The van der Waals surface area contributed by atoms with Gasteiger partial charge in [0.1, 0.15) is 6.54 Å². The highest BCUT2D eigenvalue weighted by atomic mass is 35.5. The second kappa shape index (κ2) is 8.42. The molecule has 2 aliphatic heterocycles. The third-order valence-electron chi connectivity index (χ3n) is 5.83. The van der Waals surface area contributed by atoms with Crippen LogP contribution in [-0.4, -0.2) is 64.9 Å². The summed E-state index contributed by atoms with van der Waals surface area (Å²) in [7, 11) is 1.40. The number of carbonyl (C=O) groups excluding carboxylic acids is 3. The molecule has 2 saturated heterocycles. The molecule has 0 bridgehead atoms. The molecule has 4 amide bonds. The molecular formula is C21H18ClF4N5O3. The number of hydrogen-bond donors (Lipinski definition) is 1. The van der Waals surface area contributed by atoms with Gasteiger partial charge in [0.05, 0.1) is 23.7 Å². The van der Waals surface area contributed by atoms with Crippen molar-refractivity contribution in [1.29, 1.82) is 0 Å². The lowest BCUT2D eigenvalue weighted by Crippen LogP contribution is -2.81. The van der Waals surface area contributed by atoms with Crippen molar-refractivity contribution in [2.24, 2.45) is 0 Å². The normalized spacial score (nSPS) is 17.8. The van der Waals surface area contributed by atoms with Crippen LogP contribution in [0.15, 0.2) is 36.5 Å². The van der Waals surface area contributed by atoms with Crippen LogP contribution < -0.4 is 10.2 Å². The van der Waals surface area contributed by atoms with Crippen LogP contribution in [0.3, 0.4) is 0 Å². The molecule has 1 aromatic heterocycles. The van der Waals surface area contributed by atoms with Gasteiger partial charge in [0.15, 0.2) is 17.2 Å². The monoisotopic (exact) mass is 499 g/mol. The number of aromatic nitrogens is 1. The molecule has 0 aliphatic carbocycles. The Balaban J connectivity index is 1.67. The number of rotatable bonds is 3. The zero-order valence-electron chi connectivity index (χ0n) is 17.7. The number of nitrogens with zero attached hydrogens (tertiary/aromatic N) is 4. The van der Waals surface area contributed by atoms with Crippen molar-refractivity contribution in [2.45, 2.75) is 18.3 Å². The SMILES string of the molecule is CNC(=O)N1CC2(C1)C(=O)N(c1ncc(Cl)cc1F)CC(=O)N2Cc1ccc(C(F)(F)F)cc1. The van der Waals surface area contributed by atoms with Gasteiger partial charge in [-0.05, 0) is 23.8 Å². The van der Waals surface area contributed by atoms with Crippen molar-refractivity contribution in [3.63, 3.8) is 0 Å². The first-order chi connectivity index (χ1) is 16.0. The maximum atomic E-state index is 14.5. The third-order valence-corrected chi connectivity index (χ3v) is 6.03. The van der Waals surface area contributed by atoms with Crippen molar-refractivity contribution in [3.8, 4) is 0 Å². The van der Waals surface area contributed by atoms with E-state index in [9.17, 15) is 31.9 Å². The largest absolute Gasteiger partial charge is 0.416 e. The number of halogens is 5. The third kappa shape index (κ3) is 4.02. The first-order valence-electron chi connectivity index (χ1n) is 10.0. The van der Waals surface area contributed by atoms with E-state index >= 15 is 0 Å². The summed E-state index contributed by atoms with van der Waals surface area (Å²) in [5, 5.41) is 2.43. The number of alkyl halides is 3. The topological polar surface area (TPSA) is 85.9 Å². The fraction of sp³-hybridized carbons (Fsp3) is 0.333. The molecule has 2 aromatic rings. The number of hydrogen-bond acceptors (Lipinski definition) is 4. The van der Waals surface area contributed by atoms with E-state index in [0.29, 0.717) is 5.56 Å². The van der Waals surface area contributed by atoms with E-state index < -0.39 is 47.5 Å². The molecule has 0 radical (unpaired) electrons. The molecule has 13 heteroatoms. The molecule has 2 fully saturated rings. The number of benzene rings is 1. The van der Waals surface area contributed by atoms with Crippen molar-refractivity contribution < 1.29 is 31.9 Å². The Labute approximate surface area is 196 Å². The van der Waals surface area contributed by atoms with Gasteiger partial charge in [-0.3, -0.25) is 14.5 Å². The minimum atomic E-state index is -4.52. The Bertz CT molecular complexity index is 1150. The van der Waals surface area contributed by atoms with E-state index in [4.69, 9.17) is 11.6 Å². The van der Waals surface area contributed by atoms with Gasteiger partial charge in [0.25, 0.3) is 5.91 Å². The van der Waals surface area contributed by atoms with Crippen LogP contribution in [0.1, 0.15) is 11.1 Å². The second-order valence-electron chi connectivity index (χ2n) is 7.97. The fourth-order valence-corrected chi connectivity index (χ4v) is 4.23. The van der Waals surface area contributed by atoms with E-state index in [1.807, 2.05) is 0 Å². The van der Waals surface area contributed by atoms with E-state index in [-0.39, 0.29) is 30.5 Å². The molecule has 0 saturated carbocycles. The zero-order valence-corrected chi connectivity index (χ0v) is 18.5. The van der Waals surface area contributed by atoms with Crippen LogP contribution in [0, 0.1) is 5.82 Å². The molecule has 3 heterocycles. The van der Waals surface area contributed by atoms with E-state index in [0.717, 1.165) is 29.3 Å². The molecule has 0 atom stereocenters. The van der Waals surface area contributed by atoms with Crippen molar-refractivity contribution in [3.05, 3.63) is 58.5 Å². The number of carbonyl (C=O) groups is 3. The number of likely N-dealkylation sites (tertiary alicyclic amines) is 1. The Morgan fingerprint density at radius 2 is 1.85 bits per heavy atom. The minimum Gasteiger partial charge on any atom is -0.341 e. The maximum absolute atomic E-state index is 14.5. The first-order valence-corrected chi connectivity index (χ1v) is 10.4. The summed E-state index contributed by atoms with van der Waals surface area (Å²) in [5.41, 5.74) is -2.02. The fourth-order valence-electron chi connectivity index (χ4n) is 4.09. The van der Waals surface area contributed by atoms with E-state index in [1.54, 1.807) is 0 Å². The van der Waals surface area contributed by atoms with E-state index in [1.165, 1.54) is 29.0 Å². The summed E-state index contributed by atoms with van der Waals surface area (Å²) in [4.78, 5) is 46.0. The summed E-state index contributed by atoms with van der Waals surface area (Å²) in [6.45, 7) is -1.06. The van der Waals surface area contributed by atoms with E-state index in [2.05, 4.69) is 10.3 Å². The van der Waals surface area contributed by atoms with Gasteiger partial charge in [-0.1, -0.05) is 23.7 Å². The van der Waals surface area contributed by atoms with Gasteiger partial charge in [-0.25, -0.2) is 14.2 Å². The lowest BCUT2D eigenvalue weighted by molar-refractivity contribution is -0.161. The molecule has 1 aromatic carbocycles. The molecule has 1 N–H and O–H groups in total. The zero-order chi connectivity index (χ0) is 24.8.